The van der Waals surface area contributed by atoms with Gasteiger partial charge in [-0.25, -0.2) is 9.59 Å². The van der Waals surface area contributed by atoms with Gasteiger partial charge in [-0.15, -0.1) is 0 Å². The molecule has 2 N–H and O–H groups in total. The van der Waals surface area contributed by atoms with Crippen LogP contribution in [-0.2, 0) is 9.47 Å². The summed E-state index contributed by atoms with van der Waals surface area (Å²) in [6, 6.07) is 3.58. The average molecular weight is 543 g/mol. The largest absolute Gasteiger partial charge is 0.448 e. The molecule has 1 saturated heterocycles. The fraction of sp³-hybridized carbons (Fsp3) is 0.806. The van der Waals surface area contributed by atoms with E-state index in [2.05, 4.69) is 24.1 Å². The number of alkyl carbamates (subject to hydrolysis) is 1. The maximum absolute atomic E-state index is 12.6. The second-order valence-corrected chi connectivity index (χ2v) is 13.6. The van der Waals surface area contributed by atoms with Crippen molar-refractivity contribution < 1.29 is 23.8 Å². The maximum Gasteiger partial charge on any atom is 0.407 e. The van der Waals surface area contributed by atoms with Crippen molar-refractivity contribution in [2.75, 3.05) is 39.5 Å². The first-order valence-corrected chi connectivity index (χ1v) is 15.3. The van der Waals surface area contributed by atoms with Gasteiger partial charge < -0.3 is 24.3 Å². The van der Waals surface area contributed by atoms with Crippen LogP contribution in [0.15, 0.2) is 27.6 Å². The third kappa shape index (κ3) is 4.74. The minimum Gasteiger partial charge on any atom is -0.448 e. The summed E-state index contributed by atoms with van der Waals surface area (Å²) < 4.78 is 16.1. The van der Waals surface area contributed by atoms with Crippen LogP contribution in [0.2, 0.25) is 0 Å². The molecule has 4 saturated carbocycles. The Kier molecular flexibility index (Phi) is 7.34. The summed E-state index contributed by atoms with van der Waals surface area (Å²) in [6.07, 6.45) is 10.4. The van der Waals surface area contributed by atoms with E-state index in [0.29, 0.717) is 24.4 Å². The number of nitrogens with one attached hydrogen (secondary N) is 1. The van der Waals surface area contributed by atoms with Crippen LogP contribution in [0.1, 0.15) is 83.1 Å². The average Bonchev–Trinajstić information content (AvgIpc) is 3.21. The Labute approximate surface area is 231 Å². The van der Waals surface area contributed by atoms with Gasteiger partial charge in [0.15, 0.2) is 0 Å². The minimum atomic E-state index is -0.690. The van der Waals surface area contributed by atoms with Crippen LogP contribution >= 0.6 is 0 Å². The molecule has 2 heterocycles. The molecule has 0 spiro atoms. The number of aliphatic hydroxyl groups is 1. The van der Waals surface area contributed by atoms with Gasteiger partial charge in [-0.1, -0.05) is 13.8 Å². The molecule has 1 amide bonds. The van der Waals surface area contributed by atoms with Gasteiger partial charge in [0.1, 0.15) is 6.61 Å². The molecule has 8 heteroatoms. The van der Waals surface area contributed by atoms with E-state index in [1.165, 1.54) is 6.07 Å². The van der Waals surface area contributed by atoms with Crippen molar-refractivity contribution in [2.24, 2.45) is 28.6 Å². The predicted octanol–water partition coefficient (Wildman–Crippen LogP) is 4.31. The first-order valence-electron chi connectivity index (χ1n) is 15.3. The van der Waals surface area contributed by atoms with Crippen LogP contribution in [0, 0.1) is 28.6 Å². The van der Waals surface area contributed by atoms with Crippen LogP contribution < -0.4 is 10.9 Å². The van der Waals surface area contributed by atoms with Gasteiger partial charge in [0.05, 0.1) is 25.1 Å². The lowest BCUT2D eigenvalue weighted by Gasteiger charge is -2.63. The van der Waals surface area contributed by atoms with Gasteiger partial charge in [-0.05, 0) is 98.5 Å². The van der Waals surface area contributed by atoms with Crippen LogP contribution in [0.3, 0.4) is 0 Å². The van der Waals surface area contributed by atoms with Gasteiger partial charge in [0.25, 0.3) is 0 Å². The van der Waals surface area contributed by atoms with E-state index in [1.54, 1.807) is 6.26 Å². The lowest BCUT2D eigenvalue weighted by atomic mass is 9.43. The van der Waals surface area contributed by atoms with E-state index >= 15 is 0 Å². The number of fused-ring (bicyclic) bond motifs is 5. The second-order valence-electron chi connectivity index (χ2n) is 13.6. The maximum atomic E-state index is 12.6. The molecule has 8 unspecified atom stereocenters. The van der Waals surface area contributed by atoms with Crippen LogP contribution in [-0.4, -0.2) is 67.2 Å². The van der Waals surface area contributed by atoms with E-state index in [-0.39, 0.29) is 34.5 Å². The van der Waals surface area contributed by atoms with E-state index in [0.717, 1.165) is 96.2 Å². The number of nitrogens with zero attached hydrogens (tertiary/aromatic N) is 1. The second kappa shape index (κ2) is 10.5. The number of rotatable bonds is 5. The normalized spacial score (nSPS) is 42.2. The molecule has 8 nitrogen and oxygen atoms in total. The summed E-state index contributed by atoms with van der Waals surface area (Å²) in [4.78, 5) is 26.4. The first kappa shape index (κ1) is 27.3. The van der Waals surface area contributed by atoms with Gasteiger partial charge in [0.2, 0.25) is 0 Å². The number of hydrogen-bond donors (Lipinski definition) is 2. The molecule has 6 rings (SSSR count). The zero-order valence-corrected chi connectivity index (χ0v) is 23.7. The molecule has 216 valence electrons. The molecule has 1 aliphatic heterocycles. The van der Waals surface area contributed by atoms with Gasteiger partial charge in [-0.2, -0.15) is 0 Å². The third-order valence-electron chi connectivity index (χ3n) is 12.0. The molecule has 4 aliphatic carbocycles. The molecule has 1 aromatic heterocycles. The summed E-state index contributed by atoms with van der Waals surface area (Å²) >= 11 is 0. The molecule has 5 aliphatic rings. The number of carbonyl (C=O) groups is 1. The summed E-state index contributed by atoms with van der Waals surface area (Å²) in [5.74, 6) is 1.57. The highest BCUT2D eigenvalue weighted by Crippen LogP contribution is 2.70. The van der Waals surface area contributed by atoms with Crippen molar-refractivity contribution in [3.8, 4) is 0 Å². The molecule has 1 aromatic rings. The highest BCUT2D eigenvalue weighted by molar-refractivity contribution is 5.67. The van der Waals surface area contributed by atoms with Crippen molar-refractivity contribution in [1.82, 2.24) is 10.2 Å². The molecule has 0 aromatic carbocycles. The predicted molar refractivity (Wildman–Crippen MR) is 146 cm³/mol. The lowest BCUT2D eigenvalue weighted by Crippen LogP contribution is -2.62. The smallest absolute Gasteiger partial charge is 0.407 e. The van der Waals surface area contributed by atoms with Crippen molar-refractivity contribution in [1.29, 1.82) is 0 Å². The molecular formula is C31H46N2O6. The van der Waals surface area contributed by atoms with E-state index in [1.807, 2.05) is 6.07 Å². The molecule has 39 heavy (non-hydrogen) atoms. The van der Waals surface area contributed by atoms with E-state index in [4.69, 9.17) is 13.9 Å². The molecule has 0 radical (unpaired) electrons. The van der Waals surface area contributed by atoms with E-state index < -0.39 is 5.60 Å². The van der Waals surface area contributed by atoms with Crippen LogP contribution in [0.25, 0.3) is 0 Å². The van der Waals surface area contributed by atoms with E-state index in [9.17, 15) is 14.7 Å². The molecule has 8 atom stereocenters. The monoisotopic (exact) mass is 542 g/mol. The Balaban J connectivity index is 1.07. The minimum absolute atomic E-state index is 0.163. The lowest BCUT2D eigenvalue weighted by molar-refractivity contribution is -0.202. The Bertz CT molecular complexity index is 1080. The number of carbonyl (C=O) groups excluding carboxylic acids is 1. The molecule has 5 fully saturated rings. The Morgan fingerprint density at radius 1 is 1.08 bits per heavy atom. The fourth-order valence-corrected chi connectivity index (χ4v) is 9.76. The topological polar surface area (TPSA) is 101 Å². The Morgan fingerprint density at radius 3 is 2.67 bits per heavy atom. The standard InChI is InChI=1S/C31H46N2O6/c1-29-10-7-23(32-28(35)38-18-15-33-13-16-37-17-14-33)19-22(29)4-5-26-25(29)8-11-30(2)24(9-12-31(26,30)36)21-3-6-27(34)39-20-21/h3,6,20,22-26,36H,4-5,7-19H2,1-2H3,(H,32,35). The summed E-state index contributed by atoms with van der Waals surface area (Å²) in [5, 5.41) is 15.6. The number of ether oxygens (including phenoxy) is 2. The highest BCUT2D eigenvalue weighted by atomic mass is 16.5. The van der Waals surface area contributed by atoms with Gasteiger partial charge in [-0.3, -0.25) is 4.90 Å². The third-order valence-corrected chi connectivity index (χ3v) is 12.0. The van der Waals surface area contributed by atoms with Gasteiger partial charge in [0, 0.05) is 37.2 Å². The molecule has 0 bridgehead atoms. The first-order chi connectivity index (χ1) is 18.7. The fourth-order valence-electron chi connectivity index (χ4n) is 9.76. The zero-order valence-electron chi connectivity index (χ0n) is 23.7. The quantitative estimate of drug-likeness (QED) is 0.572. The molecular weight excluding hydrogens is 496 g/mol. The number of morpholine rings is 1. The highest BCUT2D eigenvalue weighted by Gasteiger charge is 2.67. The number of hydrogen-bond acceptors (Lipinski definition) is 7. The van der Waals surface area contributed by atoms with Gasteiger partial charge >= 0.3 is 11.7 Å². The Hall–Kier alpha value is -1.90. The van der Waals surface area contributed by atoms with Crippen molar-refractivity contribution >= 4 is 6.09 Å². The number of amides is 1. The van der Waals surface area contributed by atoms with Crippen molar-refractivity contribution in [2.45, 2.75) is 89.2 Å². The van der Waals surface area contributed by atoms with Crippen LogP contribution in [0.5, 0.6) is 0 Å². The van der Waals surface area contributed by atoms with Crippen molar-refractivity contribution in [3.63, 3.8) is 0 Å². The van der Waals surface area contributed by atoms with Crippen molar-refractivity contribution in [3.05, 3.63) is 34.4 Å². The summed E-state index contributed by atoms with van der Waals surface area (Å²) in [6.45, 7) is 9.22. The zero-order chi connectivity index (χ0) is 27.3. The SMILES string of the molecule is CC12CCC(NC(=O)OCCN3CCOCC3)CC1CCC1C2CCC2(C)C(c3ccc(=O)oc3)CCC12O. The Morgan fingerprint density at radius 2 is 1.90 bits per heavy atom. The van der Waals surface area contributed by atoms with Crippen LogP contribution in [0.4, 0.5) is 4.79 Å². The summed E-state index contributed by atoms with van der Waals surface area (Å²) in [7, 11) is 0. The summed E-state index contributed by atoms with van der Waals surface area (Å²) in [5.41, 5.74) is 0.0226.